The van der Waals surface area contributed by atoms with E-state index in [4.69, 9.17) is 9.39 Å². The van der Waals surface area contributed by atoms with Gasteiger partial charge in [0.25, 0.3) is 0 Å². The lowest BCUT2D eigenvalue weighted by atomic mass is 9.50. The van der Waals surface area contributed by atoms with E-state index >= 15 is 0 Å². The molecule has 4 heteroatoms. The van der Waals surface area contributed by atoms with E-state index in [9.17, 15) is 0 Å². The number of hydrogen-bond donors (Lipinski definition) is 0. The second kappa shape index (κ2) is 11.4. The Kier molecular flexibility index (Phi) is 6.35. The maximum atomic E-state index is 6.93. The molecule has 0 unspecified atom stereocenters. The molecule has 242 valence electrons. The van der Waals surface area contributed by atoms with Crippen LogP contribution in [0.5, 0.6) is 17.2 Å². The van der Waals surface area contributed by atoms with Gasteiger partial charge in [0, 0.05) is 32.9 Å². The molecule has 3 heterocycles. The molecule has 0 radical (unpaired) electrons. The second-order valence-corrected chi connectivity index (χ2v) is 13.6. The highest BCUT2D eigenvalue weighted by Crippen LogP contribution is 2.43. The zero-order valence-corrected chi connectivity index (χ0v) is 28.2. The molecule has 0 atom stereocenters. The Labute approximate surface area is 302 Å². The minimum absolute atomic E-state index is 0.264. The van der Waals surface area contributed by atoms with Gasteiger partial charge in [0.15, 0.2) is 0 Å². The average Bonchev–Trinajstić information content (AvgIpc) is 3.55. The largest absolute Gasteiger partial charge is 0.551 e. The van der Waals surface area contributed by atoms with Gasteiger partial charge >= 0.3 is 6.92 Å². The highest BCUT2D eigenvalue weighted by atomic mass is 16.5. The van der Waals surface area contributed by atoms with Gasteiger partial charge in [-0.1, -0.05) is 127 Å². The monoisotopic (exact) mass is 663 g/mol. The van der Waals surface area contributed by atoms with Gasteiger partial charge in [0.1, 0.15) is 17.2 Å². The van der Waals surface area contributed by atoms with Crippen molar-refractivity contribution < 1.29 is 9.39 Å². The van der Waals surface area contributed by atoms with E-state index in [-0.39, 0.29) is 6.92 Å². The Morgan fingerprint density at radius 3 is 1.77 bits per heavy atom. The van der Waals surface area contributed by atoms with E-state index in [1.54, 1.807) is 0 Å². The molecule has 1 aromatic heterocycles. The molecule has 0 N–H and O–H groups in total. The van der Waals surface area contributed by atoms with Crippen molar-refractivity contribution in [3.05, 3.63) is 182 Å². The van der Waals surface area contributed by atoms with Crippen molar-refractivity contribution in [2.75, 3.05) is 0 Å². The van der Waals surface area contributed by atoms with E-state index in [0.29, 0.717) is 0 Å². The molecule has 11 rings (SSSR count). The molecule has 8 aromatic carbocycles. The number of aromatic nitrogens is 1. The number of nitrogens with zero attached hydrogens (tertiary/aromatic N) is 1. The third-order valence-electron chi connectivity index (χ3n) is 10.7. The predicted molar refractivity (Wildman–Crippen MR) is 215 cm³/mol. The van der Waals surface area contributed by atoms with Gasteiger partial charge in [-0.2, -0.15) is 0 Å². The summed E-state index contributed by atoms with van der Waals surface area (Å²) in [6, 6.07) is 64.8. The van der Waals surface area contributed by atoms with Crippen LogP contribution in [0.1, 0.15) is 0 Å². The molecule has 0 saturated heterocycles. The first-order chi connectivity index (χ1) is 25.8. The van der Waals surface area contributed by atoms with Gasteiger partial charge in [0.2, 0.25) is 0 Å². The van der Waals surface area contributed by atoms with Gasteiger partial charge in [-0.3, -0.25) is 0 Å². The summed E-state index contributed by atoms with van der Waals surface area (Å²) in [5.74, 6) is 2.55. The van der Waals surface area contributed by atoms with Crippen LogP contribution in [-0.4, -0.2) is 11.5 Å². The molecule has 0 bridgehead atoms. The fourth-order valence-electron chi connectivity index (χ4n) is 8.22. The molecule has 3 nitrogen and oxygen atoms in total. The summed E-state index contributed by atoms with van der Waals surface area (Å²) >= 11 is 0. The number of hydrogen-bond acceptors (Lipinski definition) is 2. The van der Waals surface area contributed by atoms with E-state index in [1.165, 1.54) is 32.9 Å². The van der Waals surface area contributed by atoms with Gasteiger partial charge in [-0.05, 0) is 93.5 Å². The molecule has 2 aliphatic heterocycles. The standard InChI is InChI=1S/C48H30BNO2/c1-2-11-31(12-3-1)33-13-10-14-34(27-33)35-23-26-40-41-28-36(30-47-48(41)49(52-46(40)29-35)42-17-6-9-20-45(42)51-47)32-21-24-37(25-22-32)50-43-18-7-4-15-38(43)39-16-5-8-19-44(39)50/h1-30H. The average molecular weight is 664 g/mol. The summed E-state index contributed by atoms with van der Waals surface area (Å²) in [6.45, 7) is -0.264. The fraction of sp³-hybridized carbons (Fsp3) is 0. The van der Waals surface area contributed by atoms with E-state index in [0.717, 1.165) is 67.2 Å². The Bertz CT molecular complexity index is 2800. The molecule has 0 spiro atoms. The number of ether oxygens (including phenoxy) is 1. The van der Waals surface area contributed by atoms with Crippen LogP contribution in [-0.2, 0) is 0 Å². The summed E-state index contributed by atoms with van der Waals surface area (Å²) in [6.07, 6.45) is 0. The Hall–Kier alpha value is -6.78. The fourth-order valence-corrected chi connectivity index (χ4v) is 8.22. The molecule has 9 aromatic rings. The highest BCUT2D eigenvalue weighted by Gasteiger charge is 2.41. The molecular weight excluding hydrogens is 633 g/mol. The molecular formula is C48H30BNO2. The van der Waals surface area contributed by atoms with Crippen molar-refractivity contribution in [2.24, 2.45) is 0 Å². The molecule has 0 aliphatic carbocycles. The Morgan fingerprint density at radius 1 is 0.385 bits per heavy atom. The van der Waals surface area contributed by atoms with Crippen molar-refractivity contribution in [3.63, 3.8) is 0 Å². The van der Waals surface area contributed by atoms with Crippen molar-refractivity contribution in [1.29, 1.82) is 0 Å². The molecule has 0 saturated carbocycles. The van der Waals surface area contributed by atoms with E-state index in [1.807, 2.05) is 12.1 Å². The minimum Gasteiger partial charge on any atom is -0.551 e. The normalized spacial score (nSPS) is 12.5. The second-order valence-electron chi connectivity index (χ2n) is 13.6. The number of para-hydroxylation sites is 3. The number of fused-ring (bicyclic) bond motifs is 7. The maximum absolute atomic E-state index is 6.93. The Morgan fingerprint density at radius 2 is 0.981 bits per heavy atom. The van der Waals surface area contributed by atoms with Crippen LogP contribution in [0.2, 0.25) is 0 Å². The maximum Gasteiger partial charge on any atom is 0.434 e. The Balaban J connectivity index is 1.03. The first-order valence-electron chi connectivity index (χ1n) is 17.8. The first-order valence-corrected chi connectivity index (χ1v) is 17.8. The highest BCUT2D eigenvalue weighted by molar-refractivity contribution is 6.84. The van der Waals surface area contributed by atoms with Gasteiger partial charge in [0.05, 0.1) is 11.0 Å². The van der Waals surface area contributed by atoms with Crippen LogP contribution in [0.4, 0.5) is 0 Å². The topological polar surface area (TPSA) is 23.4 Å². The quantitative estimate of drug-likeness (QED) is 0.175. The third kappa shape index (κ3) is 4.48. The molecule has 52 heavy (non-hydrogen) atoms. The summed E-state index contributed by atoms with van der Waals surface area (Å²) in [4.78, 5) is 0. The van der Waals surface area contributed by atoms with Crippen LogP contribution in [0.15, 0.2) is 182 Å². The lowest BCUT2D eigenvalue weighted by Crippen LogP contribution is -2.53. The predicted octanol–water partition coefficient (Wildman–Crippen LogP) is 11.1. The van der Waals surface area contributed by atoms with Crippen LogP contribution in [0.3, 0.4) is 0 Å². The van der Waals surface area contributed by atoms with Crippen LogP contribution in [0, 0.1) is 0 Å². The van der Waals surface area contributed by atoms with Crippen molar-refractivity contribution in [3.8, 4) is 67.4 Å². The zero-order valence-electron chi connectivity index (χ0n) is 28.2. The summed E-state index contributed by atoms with van der Waals surface area (Å²) in [5.41, 5.74) is 14.8. The van der Waals surface area contributed by atoms with Crippen LogP contribution < -0.4 is 20.3 Å². The van der Waals surface area contributed by atoms with Crippen molar-refractivity contribution in [2.45, 2.75) is 0 Å². The van der Waals surface area contributed by atoms with Gasteiger partial charge in [-0.25, -0.2) is 0 Å². The smallest absolute Gasteiger partial charge is 0.434 e. The SMILES string of the molecule is c1ccc(-c2cccc(-c3ccc4c(c3)OB3c5ccccc5Oc5cc(-c6ccc(-n7c8ccccc8c8ccccc87)cc6)cc-4c53)c2)cc1. The van der Waals surface area contributed by atoms with E-state index < -0.39 is 0 Å². The number of rotatable bonds is 4. The molecule has 0 amide bonds. The van der Waals surface area contributed by atoms with Crippen LogP contribution >= 0.6 is 0 Å². The molecule has 0 fully saturated rings. The lowest BCUT2D eigenvalue weighted by molar-refractivity contribution is 0.479. The minimum atomic E-state index is -0.264. The first kappa shape index (κ1) is 29.0. The lowest BCUT2D eigenvalue weighted by Gasteiger charge is -2.33. The van der Waals surface area contributed by atoms with Crippen molar-refractivity contribution >= 4 is 39.6 Å². The summed E-state index contributed by atoms with van der Waals surface area (Å²) in [7, 11) is 0. The van der Waals surface area contributed by atoms with Gasteiger partial charge in [-0.15, -0.1) is 0 Å². The number of benzene rings is 8. The summed E-state index contributed by atoms with van der Waals surface area (Å²) in [5, 5.41) is 2.52. The molecule has 2 aliphatic rings. The van der Waals surface area contributed by atoms with Gasteiger partial charge < -0.3 is 14.0 Å². The third-order valence-corrected chi connectivity index (χ3v) is 10.7. The van der Waals surface area contributed by atoms with Crippen LogP contribution in [0.25, 0.3) is 72.0 Å². The summed E-state index contributed by atoms with van der Waals surface area (Å²) < 4.78 is 15.9. The zero-order chi connectivity index (χ0) is 34.2. The van der Waals surface area contributed by atoms with E-state index in [2.05, 4.69) is 174 Å². The van der Waals surface area contributed by atoms with Crippen molar-refractivity contribution in [1.82, 2.24) is 4.57 Å².